The molecule has 2 rings (SSSR count). The first kappa shape index (κ1) is 15.9. The highest BCUT2D eigenvalue weighted by molar-refractivity contribution is 7.89. The van der Waals surface area contributed by atoms with Crippen LogP contribution in [0.2, 0.25) is 0 Å². The molecule has 0 aliphatic carbocycles. The first-order valence-electron chi connectivity index (χ1n) is 6.53. The van der Waals surface area contributed by atoms with Gasteiger partial charge in [-0.3, -0.25) is 4.90 Å². The van der Waals surface area contributed by atoms with E-state index in [1.807, 2.05) is 0 Å². The lowest BCUT2D eigenvalue weighted by Gasteiger charge is -2.26. The van der Waals surface area contributed by atoms with Crippen molar-refractivity contribution < 1.29 is 18.3 Å². The Labute approximate surface area is 123 Å². The molecule has 1 aliphatic heterocycles. The lowest BCUT2D eigenvalue weighted by atomic mass is 10.4. The van der Waals surface area contributed by atoms with E-state index in [1.54, 1.807) is 6.92 Å². The van der Waals surface area contributed by atoms with Crippen molar-refractivity contribution in [2.45, 2.75) is 18.4 Å². The van der Waals surface area contributed by atoms with Crippen LogP contribution in [0.5, 0.6) is 0 Å². The average Bonchev–Trinajstić information content (AvgIpc) is 2.82. The largest absolute Gasteiger partial charge is 0.391 e. The Balaban J connectivity index is 1.91. The first-order chi connectivity index (χ1) is 9.53. The Morgan fingerprint density at radius 2 is 2.15 bits per heavy atom. The van der Waals surface area contributed by atoms with Gasteiger partial charge in [0.15, 0.2) is 0 Å². The maximum absolute atomic E-state index is 12.2. The first-order valence-corrected chi connectivity index (χ1v) is 8.83. The fraction of sp³-hybridized carbons (Fsp3) is 0.667. The van der Waals surface area contributed by atoms with Crippen LogP contribution in [-0.4, -0.2) is 57.8 Å². The van der Waals surface area contributed by atoms with Gasteiger partial charge in [-0.2, -0.15) is 0 Å². The summed E-state index contributed by atoms with van der Waals surface area (Å²) in [5.41, 5.74) is 0. The second-order valence-corrected chi connectivity index (χ2v) is 7.72. The molecule has 0 atom stereocenters. The van der Waals surface area contributed by atoms with Crippen molar-refractivity contribution in [2.24, 2.45) is 0 Å². The van der Waals surface area contributed by atoms with Gasteiger partial charge in [-0.1, -0.05) is 0 Å². The summed E-state index contributed by atoms with van der Waals surface area (Å²) in [6.45, 7) is 5.77. The van der Waals surface area contributed by atoms with E-state index < -0.39 is 10.0 Å². The van der Waals surface area contributed by atoms with Gasteiger partial charge in [0.05, 0.1) is 24.7 Å². The van der Waals surface area contributed by atoms with Gasteiger partial charge in [0, 0.05) is 35.9 Å². The molecule has 0 amide bonds. The summed E-state index contributed by atoms with van der Waals surface area (Å²) in [6.07, 6.45) is 0. The standard InChI is InChI=1S/C12H20N2O4S2/c1-10-12(8-11(9-15)19-10)20(16,17)13-2-3-14-4-6-18-7-5-14/h8,13,15H,2-7,9H2,1H3. The number of aryl methyl sites for hydroxylation is 1. The number of sulfonamides is 1. The predicted octanol–water partition coefficient (Wildman–Crippen LogP) is 0.159. The zero-order valence-corrected chi connectivity index (χ0v) is 13.1. The van der Waals surface area contributed by atoms with Gasteiger partial charge in [0.25, 0.3) is 0 Å². The second-order valence-electron chi connectivity index (χ2n) is 4.64. The van der Waals surface area contributed by atoms with Gasteiger partial charge in [-0.25, -0.2) is 13.1 Å². The van der Waals surface area contributed by atoms with Gasteiger partial charge in [0.2, 0.25) is 10.0 Å². The fourth-order valence-corrected chi connectivity index (χ4v) is 4.62. The Bertz CT molecular complexity index is 536. The van der Waals surface area contributed by atoms with Crippen LogP contribution in [0.4, 0.5) is 0 Å². The molecule has 0 bridgehead atoms. The molecule has 0 unspecified atom stereocenters. The zero-order chi connectivity index (χ0) is 14.6. The molecule has 1 aromatic heterocycles. The summed E-state index contributed by atoms with van der Waals surface area (Å²) < 4.78 is 32.2. The van der Waals surface area contributed by atoms with Gasteiger partial charge in [-0.05, 0) is 13.0 Å². The van der Waals surface area contributed by atoms with Crippen molar-refractivity contribution in [3.8, 4) is 0 Å². The van der Waals surface area contributed by atoms with Crippen LogP contribution in [0.15, 0.2) is 11.0 Å². The third-order valence-electron chi connectivity index (χ3n) is 3.19. The summed E-state index contributed by atoms with van der Waals surface area (Å²) in [5.74, 6) is 0. The molecule has 8 heteroatoms. The Kier molecular flexibility index (Phi) is 5.53. The van der Waals surface area contributed by atoms with Gasteiger partial charge >= 0.3 is 0 Å². The lowest BCUT2D eigenvalue weighted by molar-refractivity contribution is 0.0390. The smallest absolute Gasteiger partial charge is 0.241 e. The summed E-state index contributed by atoms with van der Waals surface area (Å²) in [4.78, 5) is 3.81. The number of ether oxygens (including phenoxy) is 1. The highest BCUT2D eigenvalue weighted by atomic mass is 32.2. The van der Waals surface area contributed by atoms with Crippen molar-refractivity contribution in [1.82, 2.24) is 9.62 Å². The molecule has 1 fully saturated rings. The minimum absolute atomic E-state index is 0.130. The van der Waals surface area contributed by atoms with E-state index in [2.05, 4.69) is 9.62 Å². The number of thiophene rings is 1. The zero-order valence-electron chi connectivity index (χ0n) is 11.5. The van der Waals surface area contributed by atoms with Gasteiger partial charge in [0.1, 0.15) is 0 Å². The molecule has 0 aromatic carbocycles. The number of aliphatic hydroxyl groups excluding tert-OH is 1. The molecule has 20 heavy (non-hydrogen) atoms. The van der Waals surface area contributed by atoms with Crippen molar-refractivity contribution in [3.63, 3.8) is 0 Å². The highest BCUT2D eigenvalue weighted by Crippen LogP contribution is 2.25. The SMILES string of the molecule is Cc1sc(CO)cc1S(=O)(=O)NCCN1CCOCC1. The van der Waals surface area contributed by atoms with E-state index in [0.29, 0.717) is 36.1 Å². The van der Waals surface area contributed by atoms with Crippen LogP contribution in [0.1, 0.15) is 9.75 Å². The molecule has 2 N–H and O–H groups in total. The molecule has 1 aliphatic rings. The van der Waals surface area contributed by atoms with Gasteiger partial charge < -0.3 is 9.84 Å². The Morgan fingerprint density at radius 3 is 2.75 bits per heavy atom. The minimum Gasteiger partial charge on any atom is -0.391 e. The third kappa shape index (κ3) is 4.00. The minimum atomic E-state index is -3.49. The van der Waals surface area contributed by atoms with Crippen LogP contribution in [0, 0.1) is 6.92 Å². The Morgan fingerprint density at radius 1 is 1.45 bits per heavy atom. The molecule has 114 valence electrons. The predicted molar refractivity (Wildman–Crippen MR) is 77.4 cm³/mol. The van der Waals surface area contributed by atoms with E-state index in [0.717, 1.165) is 13.1 Å². The fourth-order valence-electron chi connectivity index (χ4n) is 2.11. The van der Waals surface area contributed by atoms with Crippen LogP contribution < -0.4 is 4.72 Å². The quantitative estimate of drug-likeness (QED) is 0.780. The number of aliphatic hydroxyl groups is 1. The highest BCUT2D eigenvalue weighted by Gasteiger charge is 2.20. The van der Waals surface area contributed by atoms with Crippen molar-refractivity contribution in [2.75, 3.05) is 39.4 Å². The maximum atomic E-state index is 12.2. The molecular formula is C12H20N2O4S2. The number of nitrogens with zero attached hydrogens (tertiary/aromatic N) is 1. The molecule has 0 radical (unpaired) electrons. The Hall–Kier alpha value is -0.510. The summed E-state index contributed by atoms with van der Waals surface area (Å²) in [7, 11) is -3.49. The second kappa shape index (κ2) is 6.97. The van der Waals surface area contributed by atoms with Crippen molar-refractivity contribution in [3.05, 3.63) is 15.8 Å². The number of morpholine rings is 1. The van der Waals surface area contributed by atoms with E-state index in [-0.39, 0.29) is 11.5 Å². The molecule has 1 saturated heterocycles. The van der Waals surface area contributed by atoms with Crippen LogP contribution in [0.25, 0.3) is 0 Å². The van der Waals surface area contributed by atoms with E-state index in [9.17, 15) is 8.42 Å². The maximum Gasteiger partial charge on any atom is 0.241 e. The van der Waals surface area contributed by atoms with E-state index in [1.165, 1.54) is 17.4 Å². The molecule has 0 saturated carbocycles. The van der Waals surface area contributed by atoms with E-state index >= 15 is 0 Å². The van der Waals surface area contributed by atoms with Crippen LogP contribution in [0.3, 0.4) is 0 Å². The molecule has 0 spiro atoms. The number of hydrogen-bond donors (Lipinski definition) is 2. The molecule has 6 nitrogen and oxygen atoms in total. The topological polar surface area (TPSA) is 78.9 Å². The number of nitrogens with one attached hydrogen (secondary N) is 1. The number of hydrogen-bond acceptors (Lipinski definition) is 6. The summed E-state index contributed by atoms with van der Waals surface area (Å²) >= 11 is 1.31. The molecule has 2 heterocycles. The van der Waals surface area contributed by atoms with E-state index in [4.69, 9.17) is 9.84 Å². The summed E-state index contributed by atoms with van der Waals surface area (Å²) in [6, 6.07) is 1.54. The molecular weight excluding hydrogens is 300 g/mol. The lowest BCUT2D eigenvalue weighted by Crippen LogP contribution is -2.41. The normalized spacial score (nSPS) is 17.5. The van der Waals surface area contributed by atoms with Crippen molar-refractivity contribution in [1.29, 1.82) is 0 Å². The third-order valence-corrected chi connectivity index (χ3v) is 5.94. The number of rotatable bonds is 6. The molecule has 1 aromatic rings. The van der Waals surface area contributed by atoms with Gasteiger partial charge in [-0.15, -0.1) is 11.3 Å². The average molecular weight is 320 g/mol. The van der Waals surface area contributed by atoms with Crippen LogP contribution in [-0.2, 0) is 21.4 Å². The van der Waals surface area contributed by atoms with Crippen LogP contribution >= 0.6 is 11.3 Å². The monoisotopic (exact) mass is 320 g/mol. The summed E-state index contributed by atoms with van der Waals surface area (Å²) in [5, 5.41) is 9.06. The van der Waals surface area contributed by atoms with Crippen molar-refractivity contribution >= 4 is 21.4 Å².